The average molecular weight is 356 g/mol. The van der Waals surface area contributed by atoms with Crippen LogP contribution in [0.3, 0.4) is 0 Å². The Morgan fingerprint density at radius 2 is 1.92 bits per heavy atom. The Hall–Kier alpha value is -2.23. The van der Waals surface area contributed by atoms with Gasteiger partial charge in [-0.25, -0.2) is 0 Å². The number of rotatable bonds is 3. The van der Waals surface area contributed by atoms with Crippen molar-refractivity contribution in [1.82, 2.24) is 5.32 Å². The molecule has 0 radical (unpaired) electrons. The van der Waals surface area contributed by atoms with Crippen LogP contribution in [0.25, 0.3) is 0 Å². The highest BCUT2D eigenvalue weighted by molar-refractivity contribution is 5.75. The maximum absolute atomic E-state index is 10.2. The van der Waals surface area contributed by atoms with Crippen LogP contribution in [0.15, 0.2) is 12.1 Å². The van der Waals surface area contributed by atoms with Gasteiger partial charge >= 0.3 is 5.97 Å². The number of aliphatic hydroxyl groups excluding tert-OH is 1. The van der Waals surface area contributed by atoms with Crippen LogP contribution in [0.2, 0.25) is 0 Å². The van der Waals surface area contributed by atoms with Crippen LogP contribution < -0.4 is 31.0 Å². The minimum Gasteiger partial charge on any atom is -0.480 e. The lowest BCUT2D eigenvalue weighted by atomic mass is 10.2. The number of carbonyl (C=O) groups is 1. The summed E-state index contributed by atoms with van der Waals surface area (Å²) in [4.78, 5) is 12.1. The van der Waals surface area contributed by atoms with Gasteiger partial charge in [0.2, 0.25) is 6.79 Å². The molecule has 0 aliphatic carbocycles. The van der Waals surface area contributed by atoms with Gasteiger partial charge in [0.25, 0.3) is 0 Å². The van der Waals surface area contributed by atoms with Gasteiger partial charge < -0.3 is 35.3 Å². The number of fused-ring (bicyclic) bond motifs is 1. The molecule has 2 aliphatic heterocycles. The number of aliphatic carboxylic acids is 1. The lowest BCUT2D eigenvalue weighted by molar-refractivity contribution is -0.139. The van der Waals surface area contributed by atoms with Gasteiger partial charge in [0.05, 0.1) is 17.5 Å². The number of benzene rings is 1. The van der Waals surface area contributed by atoms with Crippen molar-refractivity contribution in [3.05, 3.63) is 12.1 Å². The van der Waals surface area contributed by atoms with E-state index in [0.717, 1.165) is 22.9 Å². The van der Waals surface area contributed by atoms with Crippen LogP contribution in [0.5, 0.6) is 11.5 Å². The zero-order valence-electron chi connectivity index (χ0n) is 15.1. The molecule has 142 valence electrons. The largest absolute Gasteiger partial charge is 0.480 e. The number of hydrogen-bond donors (Lipinski definition) is 5. The fourth-order valence-corrected chi connectivity index (χ4v) is 2.32. The highest BCUT2D eigenvalue weighted by Gasteiger charge is 2.27. The molecule has 1 fully saturated rings. The second-order valence-electron chi connectivity index (χ2n) is 5.45. The molecule has 0 saturated carbocycles. The maximum Gasteiger partial charge on any atom is 0.320 e. The molecule has 2 unspecified atom stereocenters. The first-order chi connectivity index (χ1) is 11.9. The normalized spacial score (nSPS) is 19.9. The van der Waals surface area contributed by atoms with E-state index in [9.17, 15) is 4.79 Å². The number of aliphatic hydroxyl groups is 1. The van der Waals surface area contributed by atoms with Crippen molar-refractivity contribution in [2.75, 3.05) is 37.8 Å². The summed E-state index contributed by atoms with van der Waals surface area (Å²) in [5.41, 5.74) is 4.42. The first-order valence-corrected chi connectivity index (χ1v) is 8.14. The highest BCUT2D eigenvalue weighted by atomic mass is 16.7. The molecule has 1 aromatic rings. The number of β-amino-alcohol motifs (C(OH)–C–C–N with tert-alkyl or cyclic N) is 1. The van der Waals surface area contributed by atoms with E-state index in [2.05, 4.69) is 10.7 Å². The predicted octanol–water partition coefficient (Wildman–Crippen LogP) is 0.587. The number of anilines is 2. The van der Waals surface area contributed by atoms with Gasteiger partial charge in [-0.15, -0.1) is 0 Å². The zero-order valence-corrected chi connectivity index (χ0v) is 15.1. The molecule has 0 amide bonds. The van der Waals surface area contributed by atoms with Gasteiger partial charge in [0.15, 0.2) is 11.5 Å². The summed E-state index contributed by atoms with van der Waals surface area (Å²) < 4.78 is 10.5. The molecule has 2 aliphatic rings. The number of nitrogens with one attached hydrogen (secondary N) is 2. The topological polar surface area (TPSA) is 129 Å². The molecular formula is C16H28N4O5. The summed E-state index contributed by atoms with van der Waals surface area (Å²) in [7, 11) is 3.89. The molecule has 0 bridgehead atoms. The van der Waals surface area contributed by atoms with E-state index in [4.69, 9.17) is 25.5 Å². The minimum atomic E-state index is -0.883. The number of nitrogens with zero attached hydrogens (tertiary/aromatic N) is 1. The van der Waals surface area contributed by atoms with Gasteiger partial charge in [-0.05, 0) is 0 Å². The van der Waals surface area contributed by atoms with Crippen LogP contribution in [-0.4, -0.2) is 55.8 Å². The van der Waals surface area contributed by atoms with Crippen molar-refractivity contribution >= 4 is 17.3 Å². The van der Waals surface area contributed by atoms with E-state index in [0.29, 0.717) is 13.0 Å². The number of carboxylic acids is 1. The number of carboxylic acid groups (broad SMARTS) is 1. The molecule has 2 heterocycles. The lowest BCUT2D eigenvalue weighted by Crippen LogP contribution is -2.29. The van der Waals surface area contributed by atoms with Gasteiger partial charge in [-0.3, -0.25) is 10.6 Å². The first-order valence-electron chi connectivity index (χ1n) is 8.14. The van der Waals surface area contributed by atoms with E-state index < -0.39 is 18.1 Å². The Morgan fingerprint density at radius 1 is 1.32 bits per heavy atom. The predicted molar refractivity (Wildman–Crippen MR) is 96.1 cm³/mol. The molecule has 6 N–H and O–H groups in total. The third kappa shape index (κ3) is 5.66. The molecule has 3 rings (SSSR count). The molecule has 0 spiro atoms. The van der Waals surface area contributed by atoms with Crippen molar-refractivity contribution in [1.29, 1.82) is 0 Å². The number of hydrogen-bond acceptors (Lipinski definition) is 8. The summed E-state index contributed by atoms with van der Waals surface area (Å²) in [5.74, 6) is 6.01. The SMILES string of the molecule is CC.CN(C)c1cc2c(cc1NN)OCO2.O=C(O)C1CC(O)CN1. The summed E-state index contributed by atoms with van der Waals surface area (Å²) in [5, 5.41) is 19.8. The molecule has 2 atom stereocenters. The zero-order chi connectivity index (χ0) is 19.0. The molecular weight excluding hydrogens is 328 g/mol. The number of hydrazine groups is 1. The van der Waals surface area contributed by atoms with E-state index >= 15 is 0 Å². The average Bonchev–Trinajstić information content (AvgIpc) is 3.24. The number of ether oxygens (including phenoxy) is 2. The highest BCUT2D eigenvalue weighted by Crippen LogP contribution is 2.40. The van der Waals surface area contributed by atoms with Gasteiger partial charge in [0, 0.05) is 39.2 Å². The smallest absolute Gasteiger partial charge is 0.320 e. The summed E-state index contributed by atoms with van der Waals surface area (Å²) in [6, 6.07) is 3.19. The van der Waals surface area contributed by atoms with Gasteiger partial charge in [-0.2, -0.15) is 0 Å². The second kappa shape index (κ2) is 9.92. The minimum absolute atomic E-state index is 0.274. The Labute approximate surface area is 147 Å². The molecule has 25 heavy (non-hydrogen) atoms. The van der Waals surface area contributed by atoms with Crippen molar-refractivity contribution in [2.45, 2.75) is 32.4 Å². The second-order valence-corrected chi connectivity index (χ2v) is 5.45. The number of nitrogens with two attached hydrogens (primary N) is 1. The first kappa shape index (κ1) is 20.8. The van der Waals surface area contributed by atoms with E-state index in [1.807, 2.05) is 45.0 Å². The summed E-state index contributed by atoms with van der Waals surface area (Å²) in [6.07, 6.45) is -0.152. The molecule has 9 nitrogen and oxygen atoms in total. The van der Waals surface area contributed by atoms with Crippen LogP contribution in [0.4, 0.5) is 11.4 Å². The lowest BCUT2D eigenvalue weighted by Gasteiger charge is -2.17. The Balaban J connectivity index is 0.000000246. The van der Waals surface area contributed by atoms with Crippen molar-refractivity contribution in [3.8, 4) is 11.5 Å². The third-order valence-corrected chi connectivity index (χ3v) is 3.53. The fraction of sp³-hybridized carbons (Fsp3) is 0.562. The van der Waals surface area contributed by atoms with Gasteiger partial charge in [0.1, 0.15) is 6.04 Å². The molecule has 1 aromatic carbocycles. The van der Waals surface area contributed by atoms with Crippen LogP contribution in [-0.2, 0) is 4.79 Å². The van der Waals surface area contributed by atoms with E-state index in [1.165, 1.54) is 0 Å². The van der Waals surface area contributed by atoms with E-state index in [1.54, 1.807) is 0 Å². The van der Waals surface area contributed by atoms with Crippen molar-refractivity contribution in [3.63, 3.8) is 0 Å². The number of nitrogen functional groups attached to an aromatic ring is 1. The van der Waals surface area contributed by atoms with Gasteiger partial charge in [-0.1, -0.05) is 13.8 Å². The summed E-state index contributed by atoms with van der Waals surface area (Å²) >= 11 is 0. The fourth-order valence-electron chi connectivity index (χ4n) is 2.32. The van der Waals surface area contributed by atoms with Crippen LogP contribution in [0.1, 0.15) is 20.3 Å². The quantitative estimate of drug-likeness (QED) is 0.390. The van der Waals surface area contributed by atoms with Crippen molar-refractivity contribution in [2.24, 2.45) is 5.84 Å². The van der Waals surface area contributed by atoms with Crippen LogP contribution >= 0.6 is 0 Å². The maximum atomic E-state index is 10.2. The standard InChI is InChI=1S/C9H13N3O2.C5H9NO3.C2H6/c1-12(2)7-4-9-8(13-5-14-9)3-6(7)11-10;7-3-1-4(5(8)9)6-2-3;1-2/h3-4,11H,5,10H2,1-2H3;3-4,6-7H,1-2H2,(H,8,9);1-2H3. The molecule has 1 saturated heterocycles. The van der Waals surface area contributed by atoms with Crippen molar-refractivity contribution < 1.29 is 24.5 Å². The van der Waals surface area contributed by atoms with Crippen LogP contribution in [0, 0.1) is 0 Å². The monoisotopic (exact) mass is 356 g/mol. The Morgan fingerprint density at radius 3 is 2.32 bits per heavy atom. The Bertz CT molecular complexity index is 568. The molecule has 0 aromatic heterocycles. The third-order valence-electron chi connectivity index (χ3n) is 3.53. The Kier molecular flexibility index (Phi) is 8.26. The molecule has 9 heteroatoms. The van der Waals surface area contributed by atoms with E-state index in [-0.39, 0.29) is 6.79 Å². The summed E-state index contributed by atoms with van der Waals surface area (Å²) in [6.45, 7) is 4.67.